The van der Waals surface area contributed by atoms with Gasteiger partial charge in [0.25, 0.3) is 5.91 Å². The molecule has 7 heteroatoms. The summed E-state index contributed by atoms with van der Waals surface area (Å²) in [6.45, 7) is 4.45. The molecule has 0 N–H and O–H groups in total. The van der Waals surface area contributed by atoms with Gasteiger partial charge in [0.05, 0.1) is 4.91 Å². The van der Waals surface area contributed by atoms with Crippen LogP contribution in [0.15, 0.2) is 95.5 Å². The number of thioether (sulfide) groups is 1. The van der Waals surface area contributed by atoms with E-state index in [4.69, 9.17) is 16.3 Å². The van der Waals surface area contributed by atoms with Crippen molar-refractivity contribution in [3.05, 3.63) is 107 Å². The second kappa shape index (κ2) is 10.3. The fourth-order valence-corrected chi connectivity index (χ4v) is 4.22. The van der Waals surface area contributed by atoms with Crippen molar-refractivity contribution in [2.75, 3.05) is 6.54 Å². The Morgan fingerprint density at radius 2 is 1.88 bits per heavy atom. The number of aliphatic imine (C=N–C) groups is 1. The van der Waals surface area contributed by atoms with Gasteiger partial charge in [0.1, 0.15) is 12.4 Å². The van der Waals surface area contributed by atoms with Crippen LogP contribution < -0.4 is 4.74 Å². The molecule has 2 heterocycles. The zero-order chi connectivity index (χ0) is 22.3. The van der Waals surface area contributed by atoms with Crippen molar-refractivity contribution in [2.45, 2.75) is 6.61 Å². The molecule has 1 aromatic heterocycles. The monoisotopic (exact) mass is 461 g/mol. The molecule has 1 aliphatic heterocycles. The van der Waals surface area contributed by atoms with Crippen LogP contribution in [0.2, 0.25) is 5.02 Å². The molecule has 0 aliphatic carbocycles. The molecule has 1 fully saturated rings. The molecule has 1 saturated heterocycles. The van der Waals surface area contributed by atoms with E-state index < -0.39 is 0 Å². The van der Waals surface area contributed by atoms with Crippen LogP contribution in [0.1, 0.15) is 11.1 Å². The van der Waals surface area contributed by atoms with Crippen LogP contribution in [0.4, 0.5) is 5.82 Å². The molecule has 0 unspecified atom stereocenters. The number of aromatic nitrogens is 1. The van der Waals surface area contributed by atoms with Gasteiger partial charge in [0.2, 0.25) is 0 Å². The first-order valence-corrected chi connectivity index (χ1v) is 11.1. The first-order chi connectivity index (χ1) is 15.7. The number of halogens is 1. The maximum absolute atomic E-state index is 13.1. The number of rotatable bonds is 7. The van der Waals surface area contributed by atoms with Crippen molar-refractivity contribution < 1.29 is 9.53 Å². The summed E-state index contributed by atoms with van der Waals surface area (Å²) in [5.41, 5.74) is 1.69. The fraction of sp³-hybridized carbons (Fsp3) is 0.0800. The molecule has 0 spiro atoms. The van der Waals surface area contributed by atoms with E-state index >= 15 is 0 Å². The second-order valence-electron chi connectivity index (χ2n) is 6.82. The highest BCUT2D eigenvalue weighted by Gasteiger charge is 2.33. The molecular weight excluding hydrogens is 442 g/mol. The highest BCUT2D eigenvalue weighted by Crippen LogP contribution is 2.35. The van der Waals surface area contributed by atoms with E-state index in [1.54, 1.807) is 23.2 Å². The lowest BCUT2D eigenvalue weighted by Gasteiger charge is -2.12. The molecule has 4 rings (SSSR count). The van der Waals surface area contributed by atoms with Gasteiger partial charge in [0.15, 0.2) is 11.0 Å². The van der Waals surface area contributed by atoms with E-state index in [0.717, 1.165) is 11.1 Å². The van der Waals surface area contributed by atoms with E-state index in [9.17, 15) is 4.79 Å². The number of hydrogen-bond donors (Lipinski definition) is 0. The summed E-state index contributed by atoms with van der Waals surface area (Å²) >= 11 is 7.55. The van der Waals surface area contributed by atoms with Gasteiger partial charge in [-0.2, -0.15) is 0 Å². The normalized spacial score (nSPS) is 16.0. The van der Waals surface area contributed by atoms with Gasteiger partial charge in [-0.15, -0.1) is 6.58 Å². The van der Waals surface area contributed by atoms with Gasteiger partial charge in [-0.25, -0.2) is 9.98 Å². The van der Waals surface area contributed by atoms with E-state index in [-0.39, 0.29) is 5.91 Å². The summed E-state index contributed by atoms with van der Waals surface area (Å²) in [6.07, 6.45) is 5.17. The van der Waals surface area contributed by atoms with Crippen LogP contribution in [0.25, 0.3) is 6.08 Å². The maximum Gasteiger partial charge on any atom is 0.267 e. The Kier molecular flexibility index (Phi) is 7.04. The van der Waals surface area contributed by atoms with Gasteiger partial charge in [-0.3, -0.25) is 9.69 Å². The Hall–Kier alpha value is -3.35. The van der Waals surface area contributed by atoms with E-state index in [1.807, 2.05) is 66.7 Å². The van der Waals surface area contributed by atoms with E-state index in [1.165, 1.54) is 11.8 Å². The van der Waals surface area contributed by atoms with Crippen LogP contribution in [-0.4, -0.2) is 27.5 Å². The maximum atomic E-state index is 13.1. The molecule has 0 saturated carbocycles. The standard InChI is InChI=1S/C25H20ClN3O2S/c1-2-15-29-24(30)22(32-25(29)28-23-13-7-8-14-27-23)16-18-9-4-6-12-21(18)31-17-19-10-3-5-11-20(19)26/h2-14,16H,1,15,17H2/b22-16-,28-25+. The minimum Gasteiger partial charge on any atom is -0.488 e. The predicted octanol–water partition coefficient (Wildman–Crippen LogP) is 6.10. The van der Waals surface area contributed by atoms with Gasteiger partial charge >= 0.3 is 0 Å². The third-order valence-corrected chi connectivity index (χ3v) is 5.98. The lowest BCUT2D eigenvalue weighted by Crippen LogP contribution is -2.29. The van der Waals surface area contributed by atoms with Crippen molar-refractivity contribution in [2.24, 2.45) is 4.99 Å². The molecule has 0 atom stereocenters. The van der Waals surface area contributed by atoms with Crippen molar-refractivity contribution in [1.29, 1.82) is 0 Å². The third-order valence-electron chi connectivity index (χ3n) is 4.61. The first kappa shape index (κ1) is 21.9. The largest absolute Gasteiger partial charge is 0.488 e. The quantitative estimate of drug-likeness (QED) is 0.315. The predicted molar refractivity (Wildman–Crippen MR) is 131 cm³/mol. The van der Waals surface area contributed by atoms with Crippen LogP contribution in [0, 0.1) is 0 Å². The Balaban J connectivity index is 1.61. The first-order valence-electron chi connectivity index (χ1n) is 9.93. The summed E-state index contributed by atoms with van der Waals surface area (Å²) in [5.74, 6) is 1.07. The Morgan fingerprint density at radius 1 is 1.09 bits per heavy atom. The second-order valence-corrected chi connectivity index (χ2v) is 8.23. The molecular formula is C25H20ClN3O2S. The van der Waals surface area contributed by atoms with E-state index in [2.05, 4.69) is 16.6 Å². The molecule has 2 aromatic carbocycles. The minimum atomic E-state index is -0.134. The number of nitrogens with zero attached hydrogens (tertiary/aromatic N) is 3. The van der Waals surface area contributed by atoms with Crippen LogP contribution >= 0.6 is 23.4 Å². The number of carbonyl (C=O) groups is 1. The summed E-state index contributed by atoms with van der Waals surface area (Å²) in [5, 5.41) is 1.22. The van der Waals surface area contributed by atoms with Crippen molar-refractivity contribution in [3.63, 3.8) is 0 Å². The van der Waals surface area contributed by atoms with Gasteiger partial charge in [-0.1, -0.05) is 60.1 Å². The number of carbonyl (C=O) groups excluding carboxylic acids is 1. The summed E-state index contributed by atoms with van der Waals surface area (Å²) in [6, 6.07) is 20.6. The smallest absolute Gasteiger partial charge is 0.267 e. The number of para-hydroxylation sites is 1. The number of hydrogen-bond acceptors (Lipinski definition) is 5. The fourth-order valence-electron chi connectivity index (χ4n) is 3.04. The SMILES string of the molecule is C=CCN1C(=O)/C(=C/c2ccccc2OCc2ccccc2Cl)S/C1=N/c1ccccn1. The van der Waals surface area contributed by atoms with Crippen molar-refractivity contribution in [1.82, 2.24) is 9.88 Å². The van der Waals surface area contributed by atoms with Crippen LogP contribution in [0.5, 0.6) is 5.75 Å². The van der Waals surface area contributed by atoms with Gasteiger partial charge < -0.3 is 4.74 Å². The molecule has 0 bridgehead atoms. The number of amides is 1. The number of pyridine rings is 1. The molecule has 1 aliphatic rings. The highest BCUT2D eigenvalue weighted by atomic mass is 35.5. The molecule has 32 heavy (non-hydrogen) atoms. The minimum absolute atomic E-state index is 0.134. The average Bonchev–Trinajstić information content (AvgIpc) is 3.09. The summed E-state index contributed by atoms with van der Waals surface area (Å²) in [4.78, 5) is 24.0. The van der Waals surface area contributed by atoms with Gasteiger partial charge in [-0.05, 0) is 42.1 Å². The topological polar surface area (TPSA) is 54.8 Å². The number of benzene rings is 2. The van der Waals surface area contributed by atoms with Gasteiger partial charge in [0, 0.05) is 28.9 Å². The Labute approximate surface area is 196 Å². The lowest BCUT2D eigenvalue weighted by atomic mass is 10.1. The highest BCUT2D eigenvalue weighted by molar-refractivity contribution is 8.18. The molecule has 3 aromatic rings. The third kappa shape index (κ3) is 5.10. The zero-order valence-electron chi connectivity index (χ0n) is 17.1. The van der Waals surface area contributed by atoms with Crippen molar-refractivity contribution >= 4 is 46.3 Å². The van der Waals surface area contributed by atoms with Crippen molar-refractivity contribution in [3.8, 4) is 5.75 Å². The Morgan fingerprint density at radius 3 is 2.66 bits per heavy atom. The van der Waals surface area contributed by atoms with Crippen LogP contribution in [0.3, 0.4) is 0 Å². The zero-order valence-corrected chi connectivity index (χ0v) is 18.7. The summed E-state index contributed by atoms with van der Waals surface area (Å²) in [7, 11) is 0. The summed E-state index contributed by atoms with van der Waals surface area (Å²) < 4.78 is 6.03. The molecule has 1 amide bonds. The molecule has 5 nitrogen and oxygen atoms in total. The Bertz CT molecular complexity index is 1190. The molecule has 0 radical (unpaired) electrons. The number of ether oxygens (including phenoxy) is 1. The van der Waals surface area contributed by atoms with E-state index in [0.29, 0.717) is 39.8 Å². The average molecular weight is 462 g/mol. The number of amidine groups is 1. The van der Waals surface area contributed by atoms with Crippen LogP contribution in [-0.2, 0) is 11.4 Å². The molecule has 160 valence electrons. The lowest BCUT2D eigenvalue weighted by molar-refractivity contribution is -0.121.